The third kappa shape index (κ3) is 5.13. The Morgan fingerprint density at radius 1 is 1.17 bits per heavy atom. The molecule has 0 saturated heterocycles. The van der Waals surface area contributed by atoms with E-state index in [1.807, 2.05) is 48.5 Å². The maximum absolute atomic E-state index is 11.2. The van der Waals surface area contributed by atoms with E-state index in [4.69, 9.17) is 10.00 Å². The zero-order valence-corrected chi connectivity index (χ0v) is 14.1. The van der Waals surface area contributed by atoms with Crippen LogP contribution >= 0.6 is 0 Å². The van der Waals surface area contributed by atoms with Crippen LogP contribution in [-0.4, -0.2) is 12.5 Å². The van der Waals surface area contributed by atoms with Gasteiger partial charge in [-0.1, -0.05) is 44.2 Å². The first-order valence-corrected chi connectivity index (χ1v) is 8.09. The van der Waals surface area contributed by atoms with Crippen molar-refractivity contribution in [2.45, 2.75) is 32.6 Å². The quantitative estimate of drug-likeness (QED) is 0.832. The Balaban J connectivity index is 1.93. The molecule has 0 fully saturated rings. The summed E-state index contributed by atoms with van der Waals surface area (Å²) in [5.41, 5.74) is 2.29. The molecule has 0 bridgehead atoms. The molecule has 2 rings (SSSR count). The highest BCUT2D eigenvalue weighted by Crippen LogP contribution is 2.30. The van der Waals surface area contributed by atoms with Gasteiger partial charge in [-0.25, -0.2) is 0 Å². The van der Waals surface area contributed by atoms with Crippen molar-refractivity contribution in [3.05, 3.63) is 59.7 Å². The van der Waals surface area contributed by atoms with Gasteiger partial charge >= 0.3 is 0 Å². The highest BCUT2D eigenvalue weighted by molar-refractivity contribution is 5.77. The molecule has 0 aliphatic heterocycles. The molecular formula is C20H22N2O2. The van der Waals surface area contributed by atoms with Crippen molar-refractivity contribution in [2.75, 3.05) is 6.54 Å². The normalized spacial score (nSPS) is 10.2. The van der Waals surface area contributed by atoms with Gasteiger partial charge in [0.1, 0.15) is 17.9 Å². The lowest BCUT2D eigenvalue weighted by Gasteiger charge is -2.13. The summed E-state index contributed by atoms with van der Waals surface area (Å²) in [5.74, 6) is 1.84. The lowest BCUT2D eigenvalue weighted by Crippen LogP contribution is -2.24. The number of nitriles is 1. The fourth-order valence-corrected chi connectivity index (χ4v) is 2.38. The Kier molecular flexibility index (Phi) is 6.39. The third-order valence-corrected chi connectivity index (χ3v) is 3.67. The van der Waals surface area contributed by atoms with E-state index < -0.39 is 0 Å². The van der Waals surface area contributed by atoms with Crippen LogP contribution < -0.4 is 10.1 Å². The number of hydrogen-bond acceptors (Lipinski definition) is 3. The van der Waals surface area contributed by atoms with Gasteiger partial charge in [-0.15, -0.1) is 0 Å². The number of hydrogen-bond donors (Lipinski definition) is 1. The average molecular weight is 322 g/mol. The first kappa shape index (κ1) is 17.6. The van der Waals surface area contributed by atoms with Crippen LogP contribution in [0.4, 0.5) is 0 Å². The maximum Gasteiger partial charge on any atom is 0.234 e. The van der Waals surface area contributed by atoms with Crippen LogP contribution in [0.2, 0.25) is 0 Å². The Bertz CT molecular complexity index is 715. The first-order valence-electron chi connectivity index (χ1n) is 8.09. The molecule has 1 N–H and O–H groups in total. The zero-order chi connectivity index (χ0) is 17.4. The van der Waals surface area contributed by atoms with Gasteiger partial charge in [0.15, 0.2) is 0 Å². The summed E-state index contributed by atoms with van der Waals surface area (Å²) in [6.07, 6.45) is 0.627. The van der Waals surface area contributed by atoms with E-state index >= 15 is 0 Å². The van der Waals surface area contributed by atoms with Crippen molar-refractivity contribution in [1.29, 1.82) is 5.26 Å². The number of carbonyl (C=O) groups is 1. The number of nitrogens with zero attached hydrogens (tertiary/aromatic N) is 1. The largest absolute Gasteiger partial charge is 0.457 e. The third-order valence-electron chi connectivity index (χ3n) is 3.67. The molecule has 24 heavy (non-hydrogen) atoms. The minimum Gasteiger partial charge on any atom is -0.457 e. The molecule has 1 amide bonds. The van der Waals surface area contributed by atoms with Gasteiger partial charge in [-0.3, -0.25) is 4.79 Å². The molecule has 124 valence electrons. The molecule has 4 nitrogen and oxygen atoms in total. The summed E-state index contributed by atoms with van der Waals surface area (Å²) in [6, 6.07) is 17.7. The Morgan fingerprint density at radius 2 is 1.88 bits per heavy atom. The van der Waals surface area contributed by atoms with Crippen molar-refractivity contribution >= 4 is 5.91 Å². The standard InChI is InChI=1S/C20H22N2O2/c1-15(2)18-5-3-4-6-19(18)24-17-9-7-16(8-10-17)12-14-22-20(23)11-13-21/h3-10,15H,11-12,14H2,1-2H3,(H,22,23). The van der Waals surface area contributed by atoms with Crippen molar-refractivity contribution in [1.82, 2.24) is 5.32 Å². The molecule has 2 aromatic carbocycles. The molecular weight excluding hydrogens is 300 g/mol. The minimum absolute atomic E-state index is 0.0952. The summed E-state index contributed by atoms with van der Waals surface area (Å²) >= 11 is 0. The molecule has 0 spiro atoms. The topological polar surface area (TPSA) is 62.1 Å². The number of carbonyl (C=O) groups excluding carboxylic acids is 1. The van der Waals surface area contributed by atoms with Gasteiger partial charge in [-0.2, -0.15) is 5.26 Å². The summed E-state index contributed by atoms with van der Waals surface area (Å²) in [7, 11) is 0. The predicted molar refractivity (Wildman–Crippen MR) is 94.0 cm³/mol. The van der Waals surface area contributed by atoms with E-state index in [1.54, 1.807) is 0 Å². The lowest BCUT2D eigenvalue weighted by atomic mass is 10.0. The van der Waals surface area contributed by atoms with E-state index in [0.29, 0.717) is 12.5 Å². The molecule has 2 aromatic rings. The van der Waals surface area contributed by atoms with Crippen LogP contribution in [0, 0.1) is 11.3 Å². The molecule has 0 saturated carbocycles. The van der Waals surface area contributed by atoms with Gasteiger partial charge in [0.2, 0.25) is 5.91 Å². The van der Waals surface area contributed by atoms with E-state index in [9.17, 15) is 4.79 Å². The molecule has 0 aliphatic rings. The SMILES string of the molecule is CC(C)c1ccccc1Oc1ccc(CCNC(=O)CC#N)cc1. The summed E-state index contributed by atoms with van der Waals surface area (Å²) < 4.78 is 5.99. The Labute approximate surface area is 143 Å². The summed E-state index contributed by atoms with van der Waals surface area (Å²) in [5, 5.41) is 11.1. The molecule has 4 heteroatoms. The van der Waals surface area contributed by atoms with Crippen molar-refractivity contribution in [3.8, 4) is 17.6 Å². The number of rotatable bonds is 7. The minimum atomic E-state index is -0.234. The molecule has 0 unspecified atom stereocenters. The highest BCUT2D eigenvalue weighted by atomic mass is 16.5. The first-order chi connectivity index (χ1) is 11.6. The second-order valence-corrected chi connectivity index (χ2v) is 5.87. The van der Waals surface area contributed by atoms with Crippen LogP contribution in [0.5, 0.6) is 11.5 Å². The second kappa shape index (κ2) is 8.73. The molecule has 0 heterocycles. The van der Waals surface area contributed by atoms with E-state index in [-0.39, 0.29) is 12.3 Å². The van der Waals surface area contributed by atoms with Crippen LogP contribution in [0.3, 0.4) is 0 Å². The van der Waals surface area contributed by atoms with Crippen LogP contribution in [-0.2, 0) is 11.2 Å². The van der Waals surface area contributed by atoms with Crippen molar-refractivity contribution < 1.29 is 9.53 Å². The molecule has 0 atom stereocenters. The summed E-state index contributed by atoms with van der Waals surface area (Å²) in [4.78, 5) is 11.2. The van der Waals surface area contributed by atoms with Crippen molar-refractivity contribution in [3.63, 3.8) is 0 Å². The number of amides is 1. The molecule has 0 aromatic heterocycles. The fraction of sp³-hybridized carbons (Fsp3) is 0.300. The number of para-hydroxylation sites is 1. The van der Waals surface area contributed by atoms with Gasteiger partial charge in [0, 0.05) is 6.54 Å². The molecule has 0 radical (unpaired) electrons. The summed E-state index contributed by atoms with van der Waals surface area (Å²) in [6.45, 7) is 4.81. The van der Waals surface area contributed by atoms with Crippen LogP contribution in [0.15, 0.2) is 48.5 Å². The van der Waals surface area contributed by atoms with E-state index in [1.165, 1.54) is 5.56 Å². The van der Waals surface area contributed by atoms with E-state index in [2.05, 4.69) is 25.2 Å². The van der Waals surface area contributed by atoms with Gasteiger partial charge in [0.05, 0.1) is 6.07 Å². The predicted octanol–water partition coefficient (Wildman–Crippen LogP) is 4.17. The highest BCUT2D eigenvalue weighted by Gasteiger charge is 2.08. The number of nitrogens with one attached hydrogen (secondary N) is 1. The van der Waals surface area contributed by atoms with Crippen LogP contribution in [0.25, 0.3) is 0 Å². The Morgan fingerprint density at radius 3 is 2.54 bits per heavy atom. The van der Waals surface area contributed by atoms with Gasteiger partial charge in [0.25, 0.3) is 0 Å². The van der Waals surface area contributed by atoms with Gasteiger partial charge < -0.3 is 10.1 Å². The van der Waals surface area contributed by atoms with E-state index in [0.717, 1.165) is 23.5 Å². The maximum atomic E-state index is 11.2. The van der Waals surface area contributed by atoms with Crippen LogP contribution in [0.1, 0.15) is 37.3 Å². The number of ether oxygens (including phenoxy) is 1. The number of benzene rings is 2. The zero-order valence-electron chi connectivity index (χ0n) is 14.1. The monoisotopic (exact) mass is 322 g/mol. The average Bonchev–Trinajstić information content (AvgIpc) is 2.57. The Hall–Kier alpha value is -2.80. The fourth-order valence-electron chi connectivity index (χ4n) is 2.38. The second-order valence-electron chi connectivity index (χ2n) is 5.87. The lowest BCUT2D eigenvalue weighted by molar-refractivity contribution is -0.120. The van der Waals surface area contributed by atoms with Gasteiger partial charge in [-0.05, 0) is 41.7 Å². The van der Waals surface area contributed by atoms with Crippen molar-refractivity contribution in [2.24, 2.45) is 0 Å². The molecule has 0 aliphatic carbocycles. The smallest absolute Gasteiger partial charge is 0.234 e.